The number of ether oxygens (including phenoxy) is 1. The molecule has 1 heterocycles. The van der Waals surface area contributed by atoms with Crippen molar-refractivity contribution in [3.63, 3.8) is 0 Å². The van der Waals surface area contributed by atoms with Crippen LogP contribution in [0.2, 0.25) is 0 Å². The van der Waals surface area contributed by atoms with Crippen LogP contribution in [-0.2, 0) is 6.18 Å². The van der Waals surface area contributed by atoms with Gasteiger partial charge in [0.1, 0.15) is 5.75 Å². The first-order chi connectivity index (χ1) is 8.02. The molecule has 1 fully saturated rings. The first kappa shape index (κ1) is 15.1. The Morgan fingerprint density at radius 2 is 2.06 bits per heavy atom. The zero-order chi connectivity index (χ0) is 12.5. The van der Waals surface area contributed by atoms with Crippen molar-refractivity contribution in [2.24, 2.45) is 0 Å². The average Bonchev–Trinajstić information content (AvgIpc) is 2.80. The maximum Gasteiger partial charge on any atom is 0.416 e. The van der Waals surface area contributed by atoms with E-state index in [1.165, 1.54) is 13.2 Å². The van der Waals surface area contributed by atoms with Gasteiger partial charge in [-0.15, -0.1) is 12.4 Å². The van der Waals surface area contributed by atoms with Crippen molar-refractivity contribution in [3.8, 4) is 5.75 Å². The summed E-state index contributed by atoms with van der Waals surface area (Å²) in [5.74, 6) is 0.305. The molecule has 1 aromatic carbocycles. The molecule has 0 unspecified atom stereocenters. The van der Waals surface area contributed by atoms with Gasteiger partial charge in [0, 0.05) is 11.6 Å². The second kappa shape index (κ2) is 5.80. The maximum absolute atomic E-state index is 12.5. The lowest BCUT2D eigenvalue weighted by molar-refractivity contribution is -0.137. The monoisotopic (exact) mass is 281 g/mol. The fourth-order valence-corrected chi connectivity index (χ4v) is 2.13. The van der Waals surface area contributed by atoms with Crippen molar-refractivity contribution in [2.45, 2.75) is 25.1 Å². The number of hydrogen-bond acceptors (Lipinski definition) is 2. The fourth-order valence-electron chi connectivity index (χ4n) is 2.13. The topological polar surface area (TPSA) is 21.3 Å². The molecule has 0 saturated carbocycles. The lowest BCUT2D eigenvalue weighted by Crippen LogP contribution is -2.14. The van der Waals surface area contributed by atoms with Gasteiger partial charge < -0.3 is 10.1 Å². The van der Waals surface area contributed by atoms with E-state index in [0.29, 0.717) is 5.75 Å². The van der Waals surface area contributed by atoms with Crippen LogP contribution in [0.5, 0.6) is 5.75 Å². The number of methoxy groups -OCH3 is 1. The first-order valence-corrected chi connectivity index (χ1v) is 5.51. The zero-order valence-corrected chi connectivity index (χ0v) is 10.7. The summed E-state index contributed by atoms with van der Waals surface area (Å²) in [6.07, 6.45) is -2.36. The molecule has 1 aliphatic rings. The average molecular weight is 282 g/mol. The third-order valence-electron chi connectivity index (χ3n) is 3.00. The van der Waals surface area contributed by atoms with E-state index in [2.05, 4.69) is 5.32 Å². The second-order valence-electron chi connectivity index (χ2n) is 4.10. The lowest BCUT2D eigenvalue weighted by atomic mass is 10.0. The molecule has 0 spiro atoms. The van der Waals surface area contributed by atoms with Gasteiger partial charge in [-0.1, -0.05) is 6.07 Å². The predicted molar refractivity (Wildman–Crippen MR) is 65.2 cm³/mol. The highest BCUT2D eigenvalue weighted by Gasteiger charge is 2.32. The van der Waals surface area contributed by atoms with Gasteiger partial charge in [0.15, 0.2) is 0 Å². The zero-order valence-electron chi connectivity index (χ0n) is 9.88. The van der Waals surface area contributed by atoms with E-state index in [4.69, 9.17) is 4.74 Å². The molecule has 1 N–H and O–H groups in total. The fraction of sp³-hybridized carbons (Fsp3) is 0.500. The van der Waals surface area contributed by atoms with Crippen LogP contribution in [-0.4, -0.2) is 13.7 Å². The molecule has 0 radical (unpaired) electrons. The van der Waals surface area contributed by atoms with Gasteiger partial charge in [-0.2, -0.15) is 13.2 Å². The Kier molecular flexibility index (Phi) is 4.87. The molecule has 2 rings (SSSR count). The molecular weight excluding hydrogens is 267 g/mol. The minimum Gasteiger partial charge on any atom is -0.496 e. The summed E-state index contributed by atoms with van der Waals surface area (Å²) in [6, 6.07) is 3.78. The van der Waals surface area contributed by atoms with Crippen molar-refractivity contribution in [1.82, 2.24) is 5.32 Å². The third kappa shape index (κ3) is 3.09. The maximum atomic E-state index is 12.5. The van der Waals surface area contributed by atoms with Crippen LogP contribution in [0.4, 0.5) is 13.2 Å². The summed E-state index contributed by atoms with van der Waals surface area (Å²) in [5, 5.41) is 3.24. The SMILES string of the molecule is COc1cc(C(F)(F)F)ccc1[C@H]1CCCN1.Cl. The quantitative estimate of drug-likeness (QED) is 0.895. The Hall–Kier alpha value is -0.940. The first-order valence-electron chi connectivity index (χ1n) is 5.51. The number of hydrogen-bond donors (Lipinski definition) is 1. The van der Waals surface area contributed by atoms with Crippen molar-refractivity contribution in [1.29, 1.82) is 0 Å². The molecule has 6 heteroatoms. The summed E-state index contributed by atoms with van der Waals surface area (Å²) in [4.78, 5) is 0. The van der Waals surface area contributed by atoms with Crippen LogP contribution in [0.3, 0.4) is 0 Å². The van der Waals surface area contributed by atoms with Gasteiger partial charge in [0.25, 0.3) is 0 Å². The standard InChI is InChI=1S/C12H14F3NO.ClH/c1-17-11-7-8(12(13,14)15)4-5-9(11)10-3-2-6-16-10;/h4-5,7,10,16H,2-3,6H2,1H3;1H/t10-;/m1./s1. The Morgan fingerprint density at radius 1 is 1.33 bits per heavy atom. The molecule has 102 valence electrons. The molecule has 2 nitrogen and oxygen atoms in total. The van der Waals surface area contributed by atoms with Gasteiger partial charge in [-0.3, -0.25) is 0 Å². The summed E-state index contributed by atoms with van der Waals surface area (Å²) in [5.41, 5.74) is 0.133. The van der Waals surface area contributed by atoms with E-state index in [-0.39, 0.29) is 18.4 Å². The lowest BCUT2D eigenvalue weighted by Gasteiger charge is -2.17. The summed E-state index contributed by atoms with van der Waals surface area (Å²) >= 11 is 0. The Morgan fingerprint density at radius 3 is 2.56 bits per heavy atom. The largest absolute Gasteiger partial charge is 0.496 e. The molecule has 0 aromatic heterocycles. The molecule has 1 aromatic rings. The second-order valence-corrected chi connectivity index (χ2v) is 4.10. The molecule has 1 aliphatic heterocycles. The molecule has 1 atom stereocenters. The van der Waals surface area contributed by atoms with Crippen LogP contribution < -0.4 is 10.1 Å². The van der Waals surface area contributed by atoms with E-state index in [9.17, 15) is 13.2 Å². The Balaban J connectivity index is 0.00000162. The molecule has 0 amide bonds. The van der Waals surface area contributed by atoms with E-state index in [1.807, 2.05) is 0 Å². The summed E-state index contributed by atoms with van der Waals surface area (Å²) in [7, 11) is 1.40. The van der Waals surface area contributed by atoms with E-state index in [0.717, 1.165) is 37.1 Å². The van der Waals surface area contributed by atoms with Gasteiger partial charge in [0.2, 0.25) is 0 Å². The Bertz CT molecular complexity index is 403. The molecule has 1 saturated heterocycles. The van der Waals surface area contributed by atoms with Crippen LogP contribution in [0.15, 0.2) is 18.2 Å². The van der Waals surface area contributed by atoms with Gasteiger partial charge in [0.05, 0.1) is 12.7 Å². The highest BCUT2D eigenvalue weighted by Crippen LogP contribution is 2.36. The normalized spacial score (nSPS) is 19.4. The predicted octanol–water partition coefficient (Wildman–Crippen LogP) is 3.56. The molecule has 18 heavy (non-hydrogen) atoms. The van der Waals surface area contributed by atoms with Gasteiger partial charge in [-0.05, 0) is 31.5 Å². The molecule has 0 aliphatic carbocycles. The van der Waals surface area contributed by atoms with E-state index < -0.39 is 11.7 Å². The highest BCUT2D eigenvalue weighted by molar-refractivity contribution is 5.85. The number of halogens is 4. The van der Waals surface area contributed by atoms with Crippen LogP contribution in [0.25, 0.3) is 0 Å². The summed E-state index contributed by atoms with van der Waals surface area (Å²) in [6.45, 7) is 0.898. The minimum atomic E-state index is -4.32. The smallest absolute Gasteiger partial charge is 0.416 e. The van der Waals surface area contributed by atoms with Crippen molar-refractivity contribution in [3.05, 3.63) is 29.3 Å². The third-order valence-corrected chi connectivity index (χ3v) is 3.00. The van der Waals surface area contributed by atoms with Crippen LogP contribution in [0, 0.1) is 0 Å². The minimum absolute atomic E-state index is 0. The number of alkyl halides is 3. The highest BCUT2D eigenvalue weighted by atomic mass is 35.5. The number of benzene rings is 1. The van der Waals surface area contributed by atoms with Crippen LogP contribution in [0.1, 0.15) is 30.0 Å². The van der Waals surface area contributed by atoms with Crippen LogP contribution >= 0.6 is 12.4 Å². The molecule has 0 bridgehead atoms. The number of rotatable bonds is 2. The van der Waals surface area contributed by atoms with Crippen molar-refractivity contribution >= 4 is 12.4 Å². The molecular formula is C12H15ClF3NO. The van der Waals surface area contributed by atoms with Gasteiger partial charge >= 0.3 is 6.18 Å². The van der Waals surface area contributed by atoms with E-state index in [1.54, 1.807) is 0 Å². The summed E-state index contributed by atoms with van der Waals surface area (Å²) < 4.78 is 42.7. The Labute approximate surface area is 110 Å². The van der Waals surface area contributed by atoms with Gasteiger partial charge in [-0.25, -0.2) is 0 Å². The van der Waals surface area contributed by atoms with Crippen molar-refractivity contribution < 1.29 is 17.9 Å². The number of nitrogens with one attached hydrogen (secondary N) is 1. The van der Waals surface area contributed by atoms with E-state index >= 15 is 0 Å². The van der Waals surface area contributed by atoms with Crippen molar-refractivity contribution in [2.75, 3.05) is 13.7 Å².